The molecule has 1 aromatic rings. The summed E-state index contributed by atoms with van der Waals surface area (Å²) in [7, 11) is 0. The Hall–Kier alpha value is -2.04. The summed E-state index contributed by atoms with van der Waals surface area (Å²) < 4.78 is 5.32. The predicted molar refractivity (Wildman–Crippen MR) is 77.8 cm³/mol. The van der Waals surface area contributed by atoms with Crippen molar-refractivity contribution in [3.63, 3.8) is 0 Å². The molecule has 1 aliphatic rings. The lowest BCUT2D eigenvalue weighted by Crippen LogP contribution is -2.45. The minimum atomic E-state index is -0.771. The lowest BCUT2D eigenvalue weighted by atomic mass is 9.89. The summed E-state index contributed by atoms with van der Waals surface area (Å²) in [4.78, 5) is 24.5. The van der Waals surface area contributed by atoms with Gasteiger partial charge in [0.05, 0.1) is 0 Å². The van der Waals surface area contributed by atoms with Gasteiger partial charge in [0.25, 0.3) is 0 Å². The Labute approximate surface area is 124 Å². The van der Waals surface area contributed by atoms with E-state index in [1.165, 1.54) is 0 Å². The van der Waals surface area contributed by atoms with Gasteiger partial charge >= 0.3 is 12.1 Å². The van der Waals surface area contributed by atoms with Crippen LogP contribution in [0.25, 0.3) is 0 Å². The normalized spacial score (nSPS) is 21.9. The molecule has 5 nitrogen and oxygen atoms in total. The van der Waals surface area contributed by atoms with E-state index in [4.69, 9.17) is 9.84 Å². The number of amides is 1. The van der Waals surface area contributed by atoms with Gasteiger partial charge in [-0.05, 0) is 31.2 Å². The number of carboxylic acids is 1. The van der Waals surface area contributed by atoms with Crippen LogP contribution >= 0.6 is 0 Å². The fourth-order valence-electron chi connectivity index (χ4n) is 2.78. The molecule has 1 aliphatic heterocycles. The van der Waals surface area contributed by atoms with Crippen LogP contribution < -0.4 is 0 Å². The van der Waals surface area contributed by atoms with Gasteiger partial charge < -0.3 is 14.7 Å². The van der Waals surface area contributed by atoms with E-state index in [-0.39, 0.29) is 31.1 Å². The summed E-state index contributed by atoms with van der Waals surface area (Å²) in [6.07, 6.45) is 1.29. The monoisotopic (exact) mass is 291 g/mol. The van der Waals surface area contributed by atoms with Gasteiger partial charge in [-0.2, -0.15) is 0 Å². The second-order valence-electron chi connectivity index (χ2n) is 5.57. The molecule has 1 N–H and O–H groups in total. The van der Waals surface area contributed by atoms with E-state index in [1.54, 1.807) is 4.90 Å². The maximum atomic E-state index is 12.1. The molecular formula is C16H21NO4. The molecule has 2 atom stereocenters. The first-order valence-corrected chi connectivity index (χ1v) is 7.25. The van der Waals surface area contributed by atoms with Crippen molar-refractivity contribution in [2.24, 2.45) is 5.92 Å². The van der Waals surface area contributed by atoms with Crippen LogP contribution in [0, 0.1) is 5.92 Å². The predicted octanol–water partition coefficient (Wildman–Crippen LogP) is 2.90. The molecule has 5 heteroatoms. The highest BCUT2D eigenvalue weighted by Gasteiger charge is 2.30. The number of nitrogens with zero attached hydrogens (tertiary/aromatic N) is 1. The molecule has 1 unspecified atom stereocenters. The number of hydrogen-bond acceptors (Lipinski definition) is 3. The quantitative estimate of drug-likeness (QED) is 0.926. The second-order valence-corrected chi connectivity index (χ2v) is 5.57. The first-order valence-electron chi connectivity index (χ1n) is 7.25. The van der Waals surface area contributed by atoms with Crippen molar-refractivity contribution in [1.82, 2.24) is 4.90 Å². The molecule has 2 rings (SSSR count). The Bertz CT molecular complexity index is 488. The number of carboxylic acid groups (broad SMARTS) is 1. The molecule has 0 aliphatic carbocycles. The zero-order chi connectivity index (χ0) is 15.2. The Morgan fingerprint density at radius 2 is 2.05 bits per heavy atom. The highest BCUT2D eigenvalue weighted by atomic mass is 16.6. The standard InChI is InChI=1S/C16H21NO4/c1-12-9-14(10-15(18)19)7-8-17(12)16(20)21-11-13-5-3-2-4-6-13/h2-6,12,14H,7-11H2,1H3,(H,18,19)/t12-,14?/m0/s1. The Kier molecular flexibility index (Phi) is 5.20. The number of ether oxygens (including phenoxy) is 1. The smallest absolute Gasteiger partial charge is 0.410 e. The molecule has 1 aromatic carbocycles. The summed E-state index contributed by atoms with van der Waals surface area (Å²) in [6, 6.07) is 9.57. The van der Waals surface area contributed by atoms with Gasteiger partial charge in [-0.1, -0.05) is 30.3 Å². The first-order chi connectivity index (χ1) is 10.1. The molecule has 0 radical (unpaired) electrons. The zero-order valence-electron chi connectivity index (χ0n) is 12.2. The molecule has 1 amide bonds. The Morgan fingerprint density at radius 3 is 2.67 bits per heavy atom. The summed E-state index contributed by atoms with van der Waals surface area (Å²) in [5, 5.41) is 8.83. The van der Waals surface area contributed by atoms with E-state index >= 15 is 0 Å². The van der Waals surface area contributed by atoms with Crippen LogP contribution in [0.4, 0.5) is 4.79 Å². The number of carbonyl (C=O) groups is 2. The summed E-state index contributed by atoms with van der Waals surface area (Å²) >= 11 is 0. The number of rotatable bonds is 4. The van der Waals surface area contributed by atoms with E-state index < -0.39 is 5.97 Å². The topological polar surface area (TPSA) is 66.8 Å². The van der Waals surface area contributed by atoms with Crippen LogP contribution in [0.1, 0.15) is 31.7 Å². The lowest BCUT2D eigenvalue weighted by molar-refractivity contribution is -0.138. The van der Waals surface area contributed by atoms with E-state index in [1.807, 2.05) is 37.3 Å². The van der Waals surface area contributed by atoms with Crippen molar-refractivity contribution in [1.29, 1.82) is 0 Å². The Balaban J connectivity index is 1.82. The van der Waals surface area contributed by atoms with Crippen LogP contribution in [0.15, 0.2) is 30.3 Å². The number of hydrogen-bond donors (Lipinski definition) is 1. The average molecular weight is 291 g/mol. The molecule has 0 spiro atoms. The van der Waals surface area contributed by atoms with Gasteiger partial charge in [0, 0.05) is 19.0 Å². The number of benzene rings is 1. The second kappa shape index (κ2) is 7.11. The van der Waals surface area contributed by atoms with Crippen molar-refractivity contribution in [2.75, 3.05) is 6.54 Å². The van der Waals surface area contributed by atoms with Gasteiger partial charge in [-0.15, -0.1) is 0 Å². The summed E-state index contributed by atoms with van der Waals surface area (Å²) in [6.45, 7) is 2.77. The average Bonchev–Trinajstić information content (AvgIpc) is 2.45. The highest BCUT2D eigenvalue weighted by Crippen LogP contribution is 2.26. The van der Waals surface area contributed by atoms with Crippen molar-refractivity contribution < 1.29 is 19.4 Å². The third-order valence-corrected chi connectivity index (χ3v) is 3.89. The Morgan fingerprint density at radius 1 is 1.33 bits per heavy atom. The number of aliphatic carboxylic acids is 1. The molecule has 114 valence electrons. The maximum absolute atomic E-state index is 12.1. The van der Waals surface area contributed by atoms with Gasteiger partial charge in [0.2, 0.25) is 0 Å². The highest BCUT2D eigenvalue weighted by molar-refractivity contribution is 5.69. The maximum Gasteiger partial charge on any atom is 0.410 e. The van der Waals surface area contributed by atoms with Gasteiger partial charge in [0.1, 0.15) is 6.61 Å². The van der Waals surface area contributed by atoms with E-state index in [2.05, 4.69) is 0 Å². The number of carbonyl (C=O) groups excluding carboxylic acids is 1. The minimum absolute atomic E-state index is 0.0198. The lowest BCUT2D eigenvalue weighted by Gasteiger charge is -2.36. The molecule has 1 fully saturated rings. The molecule has 0 aromatic heterocycles. The van der Waals surface area contributed by atoms with E-state index in [0.29, 0.717) is 13.0 Å². The van der Waals surface area contributed by atoms with E-state index in [0.717, 1.165) is 12.0 Å². The summed E-state index contributed by atoms with van der Waals surface area (Å²) in [5.74, 6) is -0.622. The zero-order valence-corrected chi connectivity index (χ0v) is 12.2. The molecular weight excluding hydrogens is 270 g/mol. The minimum Gasteiger partial charge on any atom is -0.481 e. The van der Waals surface area contributed by atoms with Crippen molar-refractivity contribution in [3.05, 3.63) is 35.9 Å². The van der Waals surface area contributed by atoms with Crippen LogP contribution in [-0.4, -0.2) is 34.7 Å². The van der Waals surface area contributed by atoms with Gasteiger partial charge in [-0.25, -0.2) is 4.79 Å². The van der Waals surface area contributed by atoms with Crippen molar-refractivity contribution in [3.8, 4) is 0 Å². The first kappa shape index (κ1) is 15.4. The van der Waals surface area contributed by atoms with E-state index in [9.17, 15) is 9.59 Å². The SMILES string of the molecule is C[C@H]1CC(CC(=O)O)CCN1C(=O)OCc1ccccc1. The largest absolute Gasteiger partial charge is 0.481 e. The third kappa shape index (κ3) is 4.48. The van der Waals surface area contributed by atoms with Crippen LogP contribution in [-0.2, 0) is 16.1 Å². The van der Waals surface area contributed by atoms with Gasteiger partial charge in [0.15, 0.2) is 0 Å². The van der Waals surface area contributed by atoms with Crippen molar-refractivity contribution in [2.45, 2.75) is 38.8 Å². The van der Waals surface area contributed by atoms with Crippen LogP contribution in [0.5, 0.6) is 0 Å². The molecule has 0 bridgehead atoms. The molecule has 21 heavy (non-hydrogen) atoms. The molecule has 0 saturated carbocycles. The van der Waals surface area contributed by atoms with Crippen LogP contribution in [0.2, 0.25) is 0 Å². The van der Waals surface area contributed by atoms with Crippen LogP contribution in [0.3, 0.4) is 0 Å². The fraction of sp³-hybridized carbons (Fsp3) is 0.500. The number of piperidine rings is 1. The molecule has 1 saturated heterocycles. The van der Waals surface area contributed by atoms with Crippen molar-refractivity contribution >= 4 is 12.1 Å². The third-order valence-electron chi connectivity index (χ3n) is 3.89. The fourth-order valence-corrected chi connectivity index (χ4v) is 2.78. The molecule has 1 heterocycles. The number of likely N-dealkylation sites (tertiary alicyclic amines) is 1. The van der Waals surface area contributed by atoms with Gasteiger partial charge in [-0.3, -0.25) is 4.79 Å². The summed E-state index contributed by atoms with van der Waals surface area (Å²) in [5.41, 5.74) is 0.958.